The molecule has 0 unspecified atom stereocenters. The SMILES string of the molecule is CC(C)N(CCC#N)CC(=O)N1CCC(C(=O)O)CC1. The van der Waals surface area contributed by atoms with Gasteiger partial charge in [-0.05, 0) is 26.7 Å². The van der Waals surface area contributed by atoms with E-state index in [1.54, 1.807) is 4.90 Å². The summed E-state index contributed by atoms with van der Waals surface area (Å²) in [6, 6.07) is 2.30. The number of hydrogen-bond acceptors (Lipinski definition) is 4. The van der Waals surface area contributed by atoms with Gasteiger partial charge in [0.15, 0.2) is 0 Å². The number of aliphatic carboxylic acids is 1. The molecule has 1 N–H and O–H groups in total. The number of likely N-dealkylation sites (tertiary alicyclic amines) is 1. The monoisotopic (exact) mass is 281 g/mol. The molecule has 1 aliphatic rings. The van der Waals surface area contributed by atoms with Gasteiger partial charge < -0.3 is 10.0 Å². The number of hydrogen-bond donors (Lipinski definition) is 1. The third kappa shape index (κ3) is 4.82. The summed E-state index contributed by atoms with van der Waals surface area (Å²) in [4.78, 5) is 26.8. The van der Waals surface area contributed by atoms with Gasteiger partial charge in [-0.25, -0.2) is 0 Å². The maximum Gasteiger partial charge on any atom is 0.306 e. The number of piperidine rings is 1. The fourth-order valence-corrected chi connectivity index (χ4v) is 2.36. The highest BCUT2D eigenvalue weighted by Gasteiger charge is 2.27. The van der Waals surface area contributed by atoms with Gasteiger partial charge in [-0.3, -0.25) is 14.5 Å². The molecule has 0 spiro atoms. The van der Waals surface area contributed by atoms with Crippen LogP contribution in [0.2, 0.25) is 0 Å². The topological polar surface area (TPSA) is 84.6 Å². The van der Waals surface area contributed by atoms with Gasteiger partial charge in [0.05, 0.1) is 18.5 Å². The summed E-state index contributed by atoms with van der Waals surface area (Å²) >= 11 is 0. The van der Waals surface area contributed by atoms with Crippen molar-refractivity contribution in [3.63, 3.8) is 0 Å². The van der Waals surface area contributed by atoms with E-state index < -0.39 is 5.97 Å². The van der Waals surface area contributed by atoms with Crippen LogP contribution in [0.15, 0.2) is 0 Å². The van der Waals surface area contributed by atoms with E-state index in [9.17, 15) is 9.59 Å². The zero-order valence-electron chi connectivity index (χ0n) is 12.2. The minimum Gasteiger partial charge on any atom is -0.481 e. The summed E-state index contributed by atoms with van der Waals surface area (Å²) < 4.78 is 0. The lowest BCUT2D eigenvalue weighted by atomic mass is 9.97. The summed E-state index contributed by atoms with van der Waals surface area (Å²) in [6.07, 6.45) is 1.47. The molecule has 1 fully saturated rings. The zero-order valence-corrected chi connectivity index (χ0v) is 12.2. The Balaban J connectivity index is 2.46. The predicted octanol–water partition coefficient (Wildman–Crippen LogP) is 0.934. The van der Waals surface area contributed by atoms with Crippen LogP contribution in [0.5, 0.6) is 0 Å². The fraction of sp³-hybridized carbons (Fsp3) is 0.786. The summed E-state index contributed by atoms with van der Waals surface area (Å²) in [5.74, 6) is -1.06. The van der Waals surface area contributed by atoms with Gasteiger partial charge in [0.1, 0.15) is 0 Å². The largest absolute Gasteiger partial charge is 0.481 e. The molecule has 1 amide bonds. The lowest BCUT2D eigenvalue weighted by Crippen LogP contribution is -2.46. The van der Waals surface area contributed by atoms with Crippen molar-refractivity contribution < 1.29 is 14.7 Å². The summed E-state index contributed by atoms with van der Waals surface area (Å²) in [5.41, 5.74) is 0. The highest BCUT2D eigenvalue weighted by molar-refractivity contribution is 5.79. The van der Waals surface area contributed by atoms with Gasteiger partial charge in [0, 0.05) is 32.1 Å². The normalized spacial score (nSPS) is 16.4. The van der Waals surface area contributed by atoms with Gasteiger partial charge in [-0.2, -0.15) is 5.26 Å². The van der Waals surface area contributed by atoms with E-state index >= 15 is 0 Å². The number of carboxylic acid groups (broad SMARTS) is 1. The average molecular weight is 281 g/mol. The van der Waals surface area contributed by atoms with Crippen LogP contribution in [0.1, 0.15) is 33.1 Å². The number of amides is 1. The lowest BCUT2D eigenvalue weighted by Gasteiger charge is -2.33. The molecular formula is C14H23N3O3. The van der Waals surface area contributed by atoms with Crippen molar-refractivity contribution in [3.05, 3.63) is 0 Å². The van der Waals surface area contributed by atoms with Gasteiger partial charge >= 0.3 is 5.97 Å². The van der Waals surface area contributed by atoms with E-state index in [0.717, 1.165) is 0 Å². The molecule has 0 aromatic carbocycles. The standard InChI is InChI=1S/C14H23N3O3/c1-11(2)17(7-3-6-15)10-13(18)16-8-4-12(5-9-16)14(19)20/h11-12H,3-5,7-10H2,1-2H3,(H,19,20). The zero-order chi connectivity index (χ0) is 15.1. The number of carboxylic acids is 1. The second-order valence-electron chi connectivity index (χ2n) is 5.47. The molecule has 0 saturated carbocycles. The second kappa shape index (κ2) is 7.85. The van der Waals surface area contributed by atoms with E-state index in [1.165, 1.54) is 0 Å². The molecule has 0 aromatic heterocycles. The van der Waals surface area contributed by atoms with Crippen LogP contribution in [0, 0.1) is 17.2 Å². The van der Waals surface area contributed by atoms with Crippen molar-refractivity contribution >= 4 is 11.9 Å². The van der Waals surface area contributed by atoms with Crippen LogP contribution in [0.25, 0.3) is 0 Å². The smallest absolute Gasteiger partial charge is 0.306 e. The Bertz CT molecular complexity index is 382. The molecule has 0 aromatic rings. The summed E-state index contributed by atoms with van der Waals surface area (Å²) in [6.45, 7) is 5.92. The van der Waals surface area contributed by atoms with E-state index in [1.807, 2.05) is 18.7 Å². The minimum atomic E-state index is -0.769. The van der Waals surface area contributed by atoms with Crippen molar-refractivity contribution in [1.82, 2.24) is 9.80 Å². The van der Waals surface area contributed by atoms with Crippen molar-refractivity contribution in [2.24, 2.45) is 5.92 Å². The Hall–Kier alpha value is -1.61. The molecule has 0 atom stereocenters. The third-order valence-corrected chi connectivity index (χ3v) is 3.78. The Kier molecular flexibility index (Phi) is 6.46. The van der Waals surface area contributed by atoms with Crippen LogP contribution >= 0.6 is 0 Å². The number of nitrogens with zero attached hydrogens (tertiary/aromatic N) is 3. The first-order chi connectivity index (χ1) is 9.45. The molecular weight excluding hydrogens is 258 g/mol. The molecule has 1 rings (SSSR count). The molecule has 6 nitrogen and oxygen atoms in total. The Morgan fingerprint density at radius 1 is 1.40 bits per heavy atom. The Morgan fingerprint density at radius 2 is 2.00 bits per heavy atom. The highest BCUT2D eigenvalue weighted by atomic mass is 16.4. The molecule has 112 valence electrons. The van der Waals surface area contributed by atoms with Crippen LogP contribution < -0.4 is 0 Å². The summed E-state index contributed by atoms with van der Waals surface area (Å²) in [7, 11) is 0. The summed E-state index contributed by atoms with van der Waals surface area (Å²) in [5, 5.41) is 17.6. The lowest BCUT2D eigenvalue weighted by molar-refractivity contribution is -0.146. The van der Waals surface area contributed by atoms with Crippen molar-refractivity contribution in [2.45, 2.75) is 39.2 Å². The van der Waals surface area contributed by atoms with Crippen molar-refractivity contribution in [3.8, 4) is 6.07 Å². The molecule has 1 heterocycles. The van der Waals surface area contributed by atoms with Crippen LogP contribution in [0.4, 0.5) is 0 Å². The minimum absolute atomic E-state index is 0.0282. The molecule has 1 aliphatic heterocycles. The number of rotatable bonds is 6. The predicted molar refractivity (Wildman–Crippen MR) is 73.9 cm³/mol. The average Bonchev–Trinajstić information content (AvgIpc) is 2.42. The Morgan fingerprint density at radius 3 is 2.45 bits per heavy atom. The number of carbonyl (C=O) groups is 2. The van der Waals surface area contributed by atoms with Crippen molar-refractivity contribution in [2.75, 3.05) is 26.2 Å². The Labute approximate surface area is 120 Å². The van der Waals surface area contributed by atoms with E-state index in [2.05, 4.69) is 6.07 Å². The van der Waals surface area contributed by atoms with Crippen LogP contribution in [0.3, 0.4) is 0 Å². The number of carbonyl (C=O) groups excluding carboxylic acids is 1. The maximum atomic E-state index is 12.2. The van der Waals surface area contributed by atoms with E-state index in [4.69, 9.17) is 10.4 Å². The van der Waals surface area contributed by atoms with Gasteiger partial charge in [0.25, 0.3) is 0 Å². The van der Waals surface area contributed by atoms with E-state index in [-0.39, 0.29) is 17.9 Å². The maximum absolute atomic E-state index is 12.2. The third-order valence-electron chi connectivity index (χ3n) is 3.78. The van der Waals surface area contributed by atoms with Gasteiger partial charge in [0.2, 0.25) is 5.91 Å². The van der Waals surface area contributed by atoms with Gasteiger partial charge in [-0.15, -0.1) is 0 Å². The second-order valence-corrected chi connectivity index (χ2v) is 5.47. The molecule has 6 heteroatoms. The number of nitriles is 1. The van der Waals surface area contributed by atoms with Crippen LogP contribution in [-0.4, -0.2) is 59.0 Å². The molecule has 0 radical (unpaired) electrons. The molecule has 0 bridgehead atoms. The van der Waals surface area contributed by atoms with E-state index in [0.29, 0.717) is 45.4 Å². The first kappa shape index (κ1) is 16.4. The first-order valence-corrected chi connectivity index (χ1v) is 7.07. The first-order valence-electron chi connectivity index (χ1n) is 7.07. The van der Waals surface area contributed by atoms with Crippen LogP contribution in [-0.2, 0) is 9.59 Å². The van der Waals surface area contributed by atoms with Crippen molar-refractivity contribution in [1.29, 1.82) is 5.26 Å². The highest BCUT2D eigenvalue weighted by Crippen LogP contribution is 2.17. The molecule has 0 aliphatic carbocycles. The molecule has 1 saturated heterocycles. The van der Waals surface area contributed by atoms with Gasteiger partial charge in [-0.1, -0.05) is 0 Å². The molecule has 20 heavy (non-hydrogen) atoms. The quantitative estimate of drug-likeness (QED) is 0.783. The fourth-order valence-electron chi connectivity index (χ4n) is 2.36.